The third-order valence-corrected chi connectivity index (χ3v) is 3.47. The molecule has 1 aromatic carbocycles. The van der Waals surface area contributed by atoms with Gasteiger partial charge >= 0.3 is 0 Å². The van der Waals surface area contributed by atoms with E-state index in [4.69, 9.17) is 5.73 Å². The smallest absolute Gasteiger partial charge is 0.146 e. The first kappa shape index (κ1) is 11.4. The Kier molecular flexibility index (Phi) is 3.15. The van der Waals surface area contributed by atoms with Gasteiger partial charge in [0.1, 0.15) is 5.82 Å². The van der Waals surface area contributed by atoms with Crippen LogP contribution in [-0.2, 0) is 0 Å². The van der Waals surface area contributed by atoms with E-state index >= 15 is 0 Å². The number of rotatable bonds is 5. The fourth-order valence-corrected chi connectivity index (χ4v) is 2.32. The summed E-state index contributed by atoms with van der Waals surface area (Å²) in [7, 11) is 1.95. The molecule has 3 heteroatoms. The maximum absolute atomic E-state index is 13.6. The zero-order valence-electron chi connectivity index (χ0n) is 9.75. The van der Waals surface area contributed by atoms with Crippen molar-refractivity contribution in [2.24, 2.45) is 11.1 Å². The average molecular weight is 222 g/mol. The number of benzene rings is 1. The molecule has 0 amide bonds. The molecule has 0 bridgehead atoms. The first-order chi connectivity index (χ1) is 7.67. The van der Waals surface area contributed by atoms with Crippen molar-refractivity contribution in [2.75, 3.05) is 25.0 Å². The molecule has 16 heavy (non-hydrogen) atoms. The summed E-state index contributed by atoms with van der Waals surface area (Å²) in [5.41, 5.74) is 6.65. The second kappa shape index (κ2) is 4.42. The largest absolute Gasteiger partial charge is 0.372 e. The highest BCUT2D eigenvalue weighted by Gasteiger charge is 2.42. The zero-order chi connectivity index (χ0) is 11.6. The highest BCUT2D eigenvalue weighted by Crippen LogP contribution is 2.49. The standard InChI is InChI=1S/C13H19FN2/c1-16(10-13(6-7-13)8-9-15)12-5-3-2-4-11(12)14/h2-5H,6-10,15H2,1H3. The van der Waals surface area contributed by atoms with Gasteiger partial charge in [-0.25, -0.2) is 4.39 Å². The van der Waals surface area contributed by atoms with E-state index in [0.29, 0.717) is 11.1 Å². The van der Waals surface area contributed by atoms with E-state index in [9.17, 15) is 4.39 Å². The molecule has 0 aliphatic heterocycles. The quantitative estimate of drug-likeness (QED) is 0.829. The maximum atomic E-state index is 13.6. The SMILES string of the molecule is CN(CC1(CCN)CC1)c1ccccc1F. The van der Waals surface area contributed by atoms with Gasteiger partial charge in [0.2, 0.25) is 0 Å². The minimum absolute atomic E-state index is 0.145. The normalized spacial score (nSPS) is 17.2. The Morgan fingerprint density at radius 2 is 2.06 bits per heavy atom. The van der Waals surface area contributed by atoms with Gasteiger partial charge in [0.25, 0.3) is 0 Å². The molecule has 0 saturated heterocycles. The van der Waals surface area contributed by atoms with Crippen LogP contribution in [0, 0.1) is 11.2 Å². The van der Waals surface area contributed by atoms with Gasteiger partial charge in [-0.05, 0) is 43.4 Å². The monoisotopic (exact) mass is 222 g/mol. The van der Waals surface area contributed by atoms with Crippen LogP contribution >= 0.6 is 0 Å². The van der Waals surface area contributed by atoms with Crippen LogP contribution in [0.3, 0.4) is 0 Å². The molecule has 0 radical (unpaired) electrons. The minimum atomic E-state index is -0.145. The second-order valence-electron chi connectivity index (χ2n) is 4.85. The lowest BCUT2D eigenvalue weighted by Gasteiger charge is -2.25. The van der Waals surface area contributed by atoms with Crippen molar-refractivity contribution < 1.29 is 4.39 Å². The van der Waals surface area contributed by atoms with Gasteiger partial charge < -0.3 is 10.6 Å². The van der Waals surface area contributed by atoms with Crippen LogP contribution in [-0.4, -0.2) is 20.1 Å². The number of para-hydroxylation sites is 1. The molecule has 0 heterocycles. The number of hydrogen-bond acceptors (Lipinski definition) is 2. The summed E-state index contributed by atoms with van der Waals surface area (Å²) in [6, 6.07) is 6.93. The number of hydrogen-bond donors (Lipinski definition) is 1. The molecule has 88 valence electrons. The fourth-order valence-electron chi connectivity index (χ4n) is 2.32. The van der Waals surface area contributed by atoms with E-state index in [2.05, 4.69) is 0 Å². The van der Waals surface area contributed by atoms with Crippen LogP contribution < -0.4 is 10.6 Å². The fraction of sp³-hybridized carbons (Fsp3) is 0.538. The summed E-state index contributed by atoms with van der Waals surface area (Å²) in [5.74, 6) is -0.145. The minimum Gasteiger partial charge on any atom is -0.372 e. The first-order valence-electron chi connectivity index (χ1n) is 5.83. The molecule has 2 rings (SSSR count). The van der Waals surface area contributed by atoms with Crippen molar-refractivity contribution in [3.63, 3.8) is 0 Å². The van der Waals surface area contributed by atoms with E-state index in [0.717, 1.165) is 19.5 Å². The molecule has 0 spiro atoms. The van der Waals surface area contributed by atoms with E-state index in [1.807, 2.05) is 24.1 Å². The van der Waals surface area contributed by atoms with Gasteiger partial charge in [-0.2, -0.15) is 0 Å². The Bertz CT molecular complexity index is 361. The van der Waals surface area contributed by atoms with Crippen LogP contribution in [0.5, 0.6) is 0 Å². The van der Waals surface area contributed by atoms with Crippen molar-refractivity contribution in [3.05, 3.63) is 30.1 Å². The van der Waals surface area contributed by atoms with Gasteiger partial charge in [0.05, 0.1) is 5.69 Å². The van der Waals surface area contributed by atoms with Crippen molar-refractivity contribution in [3.8, 4) is 0 Å². The zero-order valence-corrected chi connectivity index (χ0v) is 9.75. The summed E-state index contributed by atoms with van der Waals surface area (Å²) in [6.07, 6.45) is 3.50. The molecule has 1 aliphatic carbocycles. The van der Waals surface area contributed by atoms with Crippen molar-refractivity contribution in [1.82, 2.24) is 0 Å². The Morgan fingerprint density at radius 3 is 2.62 bits per heavy atom. The topological polar surface area (TPSA) is 29.3 Å². The molecule has 0 unspecified atom stereocenters. The van der Waals surface area contributed by atoms with Gasteiger partial charge in [-0.15, -0.1) is 0 Å². The number of nitrogens with zero attached hydrogens (tertiary/aromatic N) is 1. The van der Waals surface area contributed by atoms with Crippen molar-refractivity contribution >= 4 is 5.69 Å². The average Bonchev–Trinajstić information content (AvgIpc) is 2.99. The molecule has 2 N–H and O–H groups in total. The Balaban J connectivity index is 2.03. The number of nitrogens with two attached hydrogens (primary N) is 1. The second-order valence-corrected chi connectivity index (χ2v) is 4.85. The van der Waals surface area contributed by atoms with Crippen LogP contribution in [0.4, 0.5) is 10.1 Å². The third-order valence-electron chi connectivity index (χ3n) is 3.47. The van der Waals surface area contributed by atoms with Gasteiger partial charge in [-0.1, -0.05) is 12.1 Å². The number of anilines is 1. The lowest BCUT2D eigenvalue weighted by molar-refractivity contribution is 0.472. The summed E-state index contributed by atoms with van der Waals surface area (Å²) in [6.45, 7) is 1.64. The van der Waals surface area contributed by atoms with Crippen LogP contribution in [0.1, 0.15) is 19.3 Å². The Labute approximate surface area is 96.2 Å². The lowest BCUT2D eigenvalue weighted by atomic mass is 10.0. The summed E-state index contributed by atoms with van der Waals surface area (Å²) < 4.78 is 13.6. The van der Waals surface area contributed by atoms with Crippen molar-refractivity contribution in [2.45, 2.75) is 19.3 Å². The molecule has 0 aromatic heterocycles. The molecule has 1 aromatic rings. The van der Waals surface area contributed by atoms with E-state index < -0.39 is 0 Å². The molecule has 1 fully saturated rings. The molecule has 1 aliphatic rings. The number of halogens is 1. The van der Waals surface area contributed by atoms with Crippen LogP contribution in [0.25, 0.3) is 0 Å². The van der Waals surface area contributed by atoms with Crippen molar-refractivity contribution in [1.29, 1.82) is 0 Å². The molecule has 2 nitrogen and oxygen atoms in total. The summed E-state index contributed by atoms with van der Waals surface area (Å²) in [5, 5.41) is 0. The molecular formula is C13H19FN2. The van der Waals surface area contributed by atoms with E-state index in [-0.39, 0.29) is 5.82 Å². The first-order valence-corrected chi connectivity index (χ1v) is 5.83. The third kappa shape index (κ3) is 2.35. The predicted octanol–water partition coefficient (Wildman–Crippen LogP) is 2.39. The van der Waals surface area contributed by atoms with Gasteiger partial charge in [0.15, 0.2) is 0 Å². The van der Waals surface area contributed by atoms with Gasteiger partial charge in [0, 0.05) is 13.6 Å². The highest BCUT2D eigenvalue weighted by molar-refractivity contribution is 5.47. The maximum Gasteiger partial charge on any atom is 0.146 e. The molecule has 0 atom stereocenters. The highest BCUT2D eigenvalue weighted by atomic mass is 19.1. The van der Waals surface area contributed by atoms with Crippen LogP contribution in [0.2, 0.25) is 0 Å². The van der Waals surface area contributed by atoms with E-state index in [1.54, 1.807) is 6.07 Å². The summed E-state index contributed by atoms with van der Waals surface area (Å²) >= 11 is 0. The summed E-state index contributed by atoms with van der Waals surface area (Å²) in [4.78, 5) is 2.01. The van der Waals surface area contributed by atoms with E-state index in [1.165, 1.54) is 18.9 Å². The lowest BCUT2D eigenvalue weighted by Crippen LogP contribution is -2.28. The predicted molar refractivity (Wildman–Crippen MR) is 65.0 cm³/mol. The Hall–Kier alpha value is -1.09. The molecule has 1 saturated carbocycles. The van der Waals surface area contributed by atoms with Crippen LogP contribution in [0.15, 0.2) is 24.3 Å². The Morgan fingerprint density at radius 1 is 1.38 bits per heavy atom. The molecular weight excluding hydrogens is 203 g/mol. The van der Waals surface area contributed by atoms with Gasteiger partial charge in [-0.3, -0.25) is 0 Å².